The largest absolute Gasteiger partial charge is 0.478 e. The standard InChI is InChI=1S/C16H14N2O2/c1-18(15-5-3-2-4-14(15)10-17)11-12-6-8-13(9-7-12)16(19)20/h2-9H,11H2,1H3,(H,19,20). The minimum absolute atomic E-state index is 0.272. The molecular formula is C16H14N2O2. The summed E-state index contributed by atoms with van der Waals surface area (Å²) in [6, 6.07) is 16.3. The number of para-hydroxylation sites is 1. The average molecular weight is 266 g/mol. The molecule has 0 saturated heterocycles. The number of nitrogens with zero attached hydrogens (tertiary/aromatic N) is 2. The molecular weight excluding hydrogens is 252 g/mol. The van der Waals surface area contributed by atoms with Crippen molar-refractivity contribution >= 4 is 11.7 Å². The molecule has 4 heteroatoms. The van der Waals surface area contributed by atoms with Gasteiger partial charge >= 0.3 is 5.97 Å². The minimum atomic E-state index is -0.931. The summed E-state index contributed by atoms with van der Waals surface area (Å²) >= 11 is 0. The van der Waals surface area contributed by atoms with Crippen LogP contribution in [0.2, 0.25) is 0 Å². The number of anilines is 1. The number of rotatable bonds is 4. The molecule has 0 aliphatic rings. The summed E-state index contributed by atoms with van der Waals surface area (Å²) in [7, 11) is 1.90. The highest BCUT2D eigenvalue weighted by Crippen LogP contribution is 2.20. The summed E-state index contributed by atoms with van der Waals surface area (Å²) in [6.45, 7) is 0.610. The molecule has 20 heavy (non-hydrogen) atoms. The Bertz CT molecular complexity index is 657. The van der Waals surface area contributed by atoms with E-state index in [0.29, 0.717) is 12.1 Å². The number of hydrogen-bond donors (Lipinski definition) is 1. The highest BCUT2D eigenvalue weighted by molar-refractivity contribution is 5.87. The van der Waals surface area contributed by atoms with Gasteiger partial charge in [-0.3, -0.25) is 0 Å². The number of carbonyl (C=O) groups is 1. The molecule has 1 N–H and O–H groups in total. The van der Waals surface area contributed by atoms with Crippen LogP contribution in [0.15, 0.2) is 48.5 Å². The summed E-state index contributed by atoms with van der Waals surface area (Å²) in [5.74, 6) is -0.931. The number of aromatic carboxylic acids is 1. The van der Waals surface area contributed by atoms with Crippen LogP contribution in [0.25, 0.3) is 0 Å². The first-order chi connectivity index (χ1) is 9.61. The van der Waals surface area contributed by atoms with Gasteiger partial charge in [-0.05, 0) is 29.8 Å². The monoisotopic (exact) mass is 266 g/mol. The van der Waals surface area contributed by atoms with Crippen molar-refractivity contribution in [3.05, 3.63) is 65.2 Å². The maximum Gasteiger partial charge on any atom is 0.335 e. The number of hydrogen-bond acceptors (Lipinski definition) is 3. The second-order valence-electron chi connectivity index (χ2n) is 4.49. The van der Waals surface area contributed by atoms with E-state index in [9.17, 15) is 4.79 Å². The van der Waals surface area contributed by atoms with Gasteiger partial charge in [0.1, 0.15) is 6.07 Å². The van der Waals surface area contributed by atoms with Gasteiger partial charge < -0.3 is 10.0 Å². The lowest BCUT2D eigenvalue weighted by atomic mass is 10.1. The smallest absolute Gasteiger partial charge is 0.335 e. The van der Waals surface area contributed by atoms with Gasteiger partial charge in [0, 0.05) is 13.6 Å². The molecule has 0 saturated carbocycles. The molecule has 0 heterocycles. The summed E-state index contributed by atoms with van der Waals surface area (Å²) < 4.78 is 0. The SMILES string of the molecule is CN(Cc1ccc(C(=O)O)cc1)c1ccccc1C#N. The summed E-state index contributed by atoms with van der Waals surface area (Å²) in [5, 5.41) is 17.9. The fraction of sp³-hybridized carbons (Fsp3) is 0.125. The Balaban J connectivity index is 2.17. The van der Waals surface area contributed by atoms with Crippen LogP contribution in [0.5, 0.6) is 0 Å². The van der Waals surface area contributed by atoms with Crippen molar-refractivity contribution in [2.45, 2.75) is 6.54 Å². The van der Waals surface area contributed by atoms with Crippen LogP contribution in [0, 0.1) is 11.3 Å². The first kappa shape index (κ1) is 13.6. The normalized spacial score (nSPS) is 9.80. The van der Waals surface area contributed by atoms with E-state index in [1.807, 2.05) is 30.1 Å². The number of benzene rings is 2. The highest BCUT2D eigenvalue weighted by Gasteiger charge is 2.08. The van der Waals surface area contributed by atoms with Crippen LogP contribution in [0.3, 0.4) is 0 Å². The Kier molecular flexibility index (Phi) is 4.02. The predicted molar refractivity (Wildman–Crippen MR) is 76.7 cm³/mol. The van der Waals surface area contributed by atoms with Gasteiger partial charge in [-0.2, -0.15) is 5.26 Å². The third-order valence-corrected chi connectivity index (χ3v) is 3.06. The van der Waals surface area contributed by atoms with Crippen LogP contribution in [0.4, 0.5) is 5.69 Å². The van der Waals surface area contributed by atoms with Crippen molar-refractivity contribution in [1.29, 1.82) is 5.26 Å². The van der Waals surface area contributed by atoms with E-state index in [4.69, 9.17) is 10.4 Å². The molecule has 2 aromatic rings. The van der Waals surface area contributed by atoms with Gasteiger partial charge in [0.2, 0.25) is 0 Å². The molecule has 0 radical (unpaired) electrons. The molecule has 0 bridgehead atoms. The minimum Gasteiger partial charge on any atom is -0.478 e. The Hall–Kier alpha value is -2.80. The van der Waals surface area contributed by atoms with Crippen molar-refractivity contribution < 1.29 is 9.90 Å². The quantitative estimate of drug-likeness (QED) is 0.924. The fourth-order valence-corrected chi connectivity index (χ4v) is 2.01. The van der Waals surface area contributed by atoms with Gasteiger partial charge in [0.05, 0.1) is 16.8 Å². The van der Waals surface area contributed by atoms with Gasteiger partial charge in [-0.1, -0.05) is 24.3 Å². The van der Waals surface area contributed by atoms with E-state index in [-0.39, 0.29) is 5.56 Å². The Morgan fingerprint density at radius 1 is 1.20 bits per heavy atom. The van der Waals surface area contributed by atoms with Crippen molar-refractivity contribution in [1.82, 2.24) is 0 Å². The van der Waals surface area contributed by atoms with E-state index in [2.05, 4.69) is 6.07 Å². The second-order valence-corrected chi connectivity index (χ2v) is 4.49. The second kappa shape index (κ2) is 5.89. The maximum absolute atomic E-state index is 10.8. The molecule has 0 unspecified atom stereocenters. The summed E-state index contributed by atoms with van der Waals surface area (Å²) in [5.41, 5.74) is 2.74. The average Bonchev–Trinajstić information content (AvgIpc) is 2.47. The van der Waals surface area contributed by atoms with Crippen LogP contribution in [-0.4, -0.2) is 18.1 Å². The van der Waals surface area contributed by atoms with Gasteiger partial charge in [-0.25, -0.2) is 4.79 Å². The van der Waals surface area contributed by atoms with E-state index >= 15 is 0 Å². The fourth-order valence-electron chi connectivity index (χ4n) is 2.01. The molecule has 0 fully saturated rings. The summed E-state index contributed by atoms with van der Waals surface area (Å²) in [6.07, 6.45) is 0. The molecule has 100 valence electrons. The van der Waals surface area contributed by atoms with Gasteiger partial charge in [0.15, 0.2) is 0 Å². The number of nitriles is 1. The first-order valence-electron chi connectivity index (χ1n) is 6.14. The molecule has 2 rings (SSSR count). The number of carboxylic acids is 1. The zero-order valence-corrected chi connectivity index (χ0v) is 11.1. The lowest BCUT2D eigenvalue weighted by Crippen LogP contribution is -2.17. The molecule has 0 atom stereocenters. The van der Waals surface area contributed by atoms with E-state index in [1.54, 1.807) is 30.3 Å². The Morgan fingerprint density at radius 3 is 2.45 bits per heavy atom. The van der Waals surface area contributed by atoms with Crippen molar-refractivity contribution in [2.24, 2.45) is 0 Å². The van der Waals surface area contributed by atoms with Crippen molar-refractivity contribution in [3.63, 3.8) is 0 Å². The van der Waals surface area contributed by atoms with Gasteiger partial charge in [0.25, 0.3) is 0 Å². The van der Waals surface area contributed by atoms with Crippen LogP contribution >= 0.6 is 0 Å². The Labute approximate surface area is 117 Å². The zero-order chi connectivity index (χ0) is 14.5. The van der Waals surface area contributed by atoms with Crippen molar-refractivity contribution in [2.75, 3.05) is 11.9 Å². The highest BCUT2D eigenvalue weighted by atomic mass is 16.4. The first-order valence-corrected chi connectivity index (χ1v) is 6.14. The van der Waals surface area contributed by atoms with Crippen LogP contribution in [-0.2, 0) is 6.54 Å². The van der Waals surface area contributed by atoms with Gasteiger partial charge in [-0.15, -0.1) is 0 Å². The summed E-state index contributed by atoms with van der Waals surface area (Å²) in [4.78, 5) is 12.8. The predicted octanol–water partition coefficient (Wildman–Crippen LogP) is 2.89. The van der Waals surface area contributed by atoms with Crippen molar-refractivity contribution in [3.8, 4) is 6.07 Å². The van der Waals surface area contributed by atoms with E-state index in [0.717, 1.165) is 11.3 Å². The molecule has 0 aliphatic heterocycles. The van der Waals surface area contributed by atoms with Crippen LogP contribution < -0.4 is 4.90 Å². The lowest BCUT2D eigenvalue weighted by molar-refractivity contribution is 0.0697. The number of carboxylic acid groups (broad SMARTS) is 1. The van der Waals surface area contributed by atoms with Crippen LogP contribution in [0.1, 0.15) is 21.5 Å². The molecule has 0 aromatic heterocycles. The Morgan fingerprint density at radius 2 is 1.85 bits per heavy atom. The van der Waals surface area contributed by atoms with E-state index in [1.165, 1.54) is 0 Å². The molecule has 0 spiro atoms. The lowest BCUT2D eigenvalue weighted by Gasteiger charge is -2.20. The third kappa shape index (κ3) is 2.96. The molecule has 2 aromatic carbocycles. The zero-order valence-electron chi connectivity index (χ0n) is 11.1. The molecule has 0 aliphatic carbocycles. The molecule has 0 amide bonds. The topological polar surface area (TPSA) is 64.3 Å². The maximum atomic E-state index is 10.8. The third-order valence-electron chi connectivity index (χ3n) is 3.06. The molecule has 4 nitrogen and oxygen atoms in total. The van der Waals surface area contributed by atoms with E-state index < -0.39 is 5.97 Å².